The normalized spacial score (nSPS) is 20.8. The van der Waals surface area contributed by atoms with Crippen molar-refractivity contribution in [2.24, 2.45) is 0 Å². The summed E-state index contributed by atoms with van der Waals surface area (Å²) in [6.07, 6.45) is 3.50. The number of hydrogen-bond donors (Lipinski definition) is 1. The lowest BCUT2D eigenvalue weighted by Crippen LogP contribution is -2.33. The van der Waals surface area contributed by atoms with Gasteiger partial charge in [-0.25, -0.2) is 0 Å². The first-order valence-corrected chi connectivity index (χ1v) is 9.01. The van der Waals surface area contributed by atoms with Gasteiger partial charge in [-0.05, 0) is 55.1 Å². The van der Waals surface area contributed by atoms with Gasteiger partial charge in [0.2, 0.25) is 0 Å². The molecule has 2 nitrogen and oxygen atoms in total. The maximum absolute atomic E-state index is 3.51. The Labute approximate surface area is 151 Å². The van der Waals surface area contributed by atoms with E-state index in [1.165, 1.54) is 28.9 Å². The Morgan fingerprint density at radius 2 is 1.79 bits per heavy atom. The van der Waals surface area contributed by atoms with Crippen LogP contribution in [-0.2, 0) is 12.8 Å². The summed E-state index contributed by atoms with van der Waals surface area (Å²) >= 11 is 0. The molecule has 128 valence electrons. The number of hydrogen-bond acceptors (Lipinski definition) is 2. The second-order valence-corrected chi connectivity index (χ2v) is 6.85. The Bertz CT molecular complexity index is 713. The standard InChI is InChI=1S/C21H26N2.ClH/c1-3-22-14-13-19-15(2)18-9-6-8-17-12-11-16-7-4-5-10-20(16)23(19)21(17)18;/h4-10,15,19,22H,3,11-14H2,1-2H3;1H/t15-,19+;/m1./s1. The number of nitrogens with one attached hydrogen (secondary N) is 1. The molecule has 2 aliphatic heterocycles. The Balaban J connectivity index is 0.00000169. The Hall–Kier alpha value is -1.51. The monoisotopic (exact) mass is 342 g/mol. The van der Waals surface area contributed by atoms with Crippen LogP contribution in [-0.4, -0.2) is 19.1 Å². The van der Waals surface area contributed by atoms with Crippen LogP contribution in [0.15, 0.2) is 42.5 Å². The van der Waals surface area contributed by atoms with Crippen molar-refractivity contribution < 1.29 is 0 Å². The van der Waals surface area contributed by atoms with Gasteiger partial charge >= 0.3 is 0 Å². The molecule has 2 heterocycles. The second-order valence-electron chi connectivity index (χ2n) is 6.85. The Morgan fingerprint density at radius 3 is 2.62 bits per heavy atom. The van der Waals surface area contributed by atoms with Gasteiger partial charge in [-0.1, -0.05) is 50.2 Å². The van der Waals surface area contributed by atoms with Crippen LogP contribution >= 0.6 is 12.4 Å². The van der Waals surface area contributed by atoms with Gasteiger partial charge < -0.3 is 10.2 Å². The van der Waals surface area contributed by atoms with Crippen LogP contribution in [0.3, 0.4) is 0 Å². The summed E-state index contributed by atoms with van der Waals surface area (Å²) in [6.45, 7) is 6.74. The molecule has 0 saturated heterocycles. The fourth-order valence-electron chi connectivity index (χ4n) is 4.40. The van der Waals surface area contributed by atoms with Crippen LogP contribution in [0.1, 0.15) is 42.9 Å². The van der Waals surface area contributed by atoms with E-state index in [2.05, 4.69) is 66.5 Å². The maximum Gasteiger partial charge on any atom is 0.0482 e. The molecule has 24 heavy (non-hydrogen) atoms. The molecule has 1 N–H and O–H groups in total. The molecule has 0 fully saturated rings. The third-order valence-electron chi connectivity index (χ3n) is 5.57. The van der Waals surface area contributed by atoms with Crippen molar-refractivity contribution in [3.63, 3.8) is 0 Å². The minimum absolute atomic E-state index is 0. The van der Waals surface area contributed by atoms with Gasteiger partial charge in [0.25, 0.3) is 0 Å². The SMILES string of the molecule is CCNCC[C@H]1[C@H](C)c2cccc3c2N1c1ccccc1CC3.Cl. The predicted octanol–water partition coefficient (Wildman–Crippen LogP) is 4.83. The summed E-state index contributed by atoms with van der Waals surface area (Å²) in [5.41, 5.74) is 7.50. The summed E-state index contributed by atoms with van der Waals surface area (Å²) < 4.78 is 0. The molecule has 0 aromatic heterocycles. The van der Waals surface area contributed by atoms with Crippen molar-refractivity contribution in [1.29, 1.82) is 0 Å². The summed E-state index contributed by atoms with van der Waals surface area (Å²) in [7, 11) is 0. The van der Waals surface area contributed by atoms with Crippen LogP contribution in [0.4, 0.5) is 11.4 Å². The average molecular weight is 343 g/mol. The van der Waals surface area contributed by atoms with Gasteiger partial charge in [-0.15, -0.1) is 12.4 Å². The highest BCUT2D eigenvalue weighted by atomic mass is 35.5. The molecule has 0 spiro atoms. The van der Waals surface area contributed by atoms with E-state index >= 15 is 0 Å². The number of benzene rings is 2. The van der Waals surface area contributed by atoms with Crippen molar-refractivity contribution in [3.05, 3.63) is 59.2 Å². The van der Waals surface area contributed by atoms with Crippen LogP contribution in [0.5, 0.6) is 0 Å². The van der Waals surface area contributed by atoms with Crippen molar-refractivity contribution in [1.82, 2.24) is 5.32 Å². The van der Waals surface area contributed by atoms with E-state index in [9.17, 15) is 0 Å². The lowest BCUT2D eigenvalue weighted by Gasteiger charge is -2.31. The lowest BCUT2D eigenvalue weighted by molar-refractivity contribution is 0.524. The zero-order chi connectivity index (χ0) is 15.8. The number of rotatable bonds is 4. The molecule has 0 bridgehead atoms. The number of nitrogens with zero attached hydrogens (tertiary/aromatic N) is 1. The molecular weight excluding hydrogens is 316 g/mol. The maximum atomic E-state index is 3.51. The van der Waals surface area contributed by atoms with Crippen molar-refractivity contribution in [2.75, 3.05) is 18.0 Å². The van der Waals surface area contributed by atoms with Gasteiger partial charge in [0.15, 0.2) is 0 Å². The third-order valence-corrected chi connectivity index (χ3v) is 5.57. The number of fused-ring (bicyclic) bond motifs is 2. The van der Waals surface area contributed by atoms with Gasteiger partial charge in [0, 0.05) is 23.3 Å². The fraction of sp³-hybridized carbons (Fsp3) is 0.429. The fourth-order valence-corrected chi connectivity index (χ4v) is 4.40. The van der Waals surface area contributed by atoms with E-state index in [1.54, 1.807) is 5.56 Å². The van der Waals surface area contributed by atoms with Crippen molar-refractivity contribution in [3.8, 4) is 0 Å². The molecule has 0 saturated carbocycles. The lowest BCUT2D eigenvalue weighted by atomic mass is 9.92. The smallest absolute Gasteiger partial charge is 0.0482 e. The van der Waals surface area contributed by atoms with E-state index in [0.717, 1.165) is 25.9 Å². The highest BCUT2D eigenvalue weighted by molar-refractivity contribution is 5.85. The largest absolute Gasteiger partial charge is 0.337 e. The molecule has 2 aliphatic rings. The number of aryl methyl sites for hydroxylation is 2. The van der Waals surface area contributed by atoms with Crippen molar-refractivity contribution in [2.45, 2.75) is 45.1 Å². The Morgan fingerprint density at radius 1 is 1.04 bits per heavy atom. The van der Waals surface area contributed by atoms with Crippen molar-refractivity contribution >= 4 is 23.8 Å². The van der Waals surface area contributed by atoms with E-state index < -0.39 is 0 Å². The summed E-state index contributed by atoms with van der Waals surface area (Å²) in [5.74, 6) is 0.592. The topological polar surface area (TPSA) is 15.3 Å². The summed E-state index contributed by atoms with van der Waals surface area (Å²) in [4.78, 5) is 2.66. The zero-order valence-corrected chi connectivity index (χ0v) is 15.4. The van der Waals surface area contributed by atoms with Gasteiger partial charge in [-0.3, -0.25) is 0 Å². The zero-order valence-electron chi connectivity index (χ0n) is 14.6. The molecule has 3 heteroatoms. The summed E-state index contributed by atoms with van der Waals surface area (Å²) in [6, 6.07) is 16.5. The number of para-hydroxylation sites is 2. The Kier molecular flexibility index (Phi) is 5.17. The van der Waals surface area contributed by atoms with Gasteiger partial charge in [0.1, 0.15) is 0 Å². The van der Waals surface area contributed by atoms with E-state index in [4.69, 9.17) is 0 Å². The van der Waals surface area contributed by atoms with Crippen LogP contribution in [0.25, 0.3) is 0 Å². The number of halogens is 1. The molecule has 0 aliphatic carbocycles. The molecule has 0 unspecified atom stereocenters. The average Bonchev–Trinajstić information content (AvgIpc) is 2.76. The molecule has 4 rings (SSSR count). The first-order valence-electron chi connectivity index (χ1n) is 9.01. The molecule has 0 radical (unpaired) electrons. The molecule has 2 atom stereocenters. The highest BCUT2D eigenvalue weighted by Crippen LogP contribution is 2.50. The molecule has 2 aromatic rings. The molecule has 0 amide bonds. The number of anilines is 2. The highest BCUT2D eigenvalue weighted by Gasteiger charge is 2.39. The minimum Gasteiger partial charge on any atom is -0.337 e. The van der Waals surface area contributed by atoms with Gasteiger partial charge in [-0.2, -0.15) is 0 Å². The van der Waals surface area contributed by atoms with Gasteiger partial charge in [0.05, 0.1) is 0 Å². The second kappa shape index (κ2) is 7.16. The quantitative estimate of drug-likeness (QED) is 0.800. The van der Waals surface area contributed by atoms with E-state index in [1.807, 2.05) is 0 Å². The molecular formula is C21H27ClN2. The first-order chi connectivity index (χ1) is 11.3. The van der Waals surface area contributed by atoms with Crippen LogP contribution < -0.4 is 10.2 Å². The van der Waals surface area contributed by atoms with E-state index in [0.29, 0.717) is 12.0 Å². The van der Waals surface area contributed by atoms with Crippen LogP contribution in [0.2, 0.25) is 0 Å². The summed E-state index contributed by atoms with van der Waals surface area (Å²) in [5, 5.41) is 3.51. The minimum atomic E-state index is 0. The molecule has 2 aromatic carbocycles. The first kappa shape index (κ1) is 17.3. The predicted molar refractivity (Wildman–Crippen MR) is 105 cm³/mol. The van der Waals surface area contributed by atoms with E-state index in [-0.39, 0.29) is 12.4 Å². The third kappa shape index (κ3) is 2.72. The van der Waals surface area contributed by atoms with Crippen LogP contribution in [0, 0.1) is 0 Å².